The van der Waals surface area contributed by atoms with Crippen LogP contribution in [-0.2, 0) is 6.61 Å². The minimum Gasteiger partial charge on any atom is -0.487 e. The Labute approximate surface area is 152 Å². The lowest BCUT2D eigenvalue weighted by molar-refractivity contribution is 0.102. The predicted octanol–water partition coefficient (Wildman–Crippen LogP) is 5.05. The third-order valence-electron chi connectivity index (χ3n) is 3.23. The fourth-order valence-electron chi connectivity index (χ4n) is 2.13. The smallest absolute Gasteiger partial charge is 0.255 e. The van der Waals surface area contributed by atoms with Gasteiger partial charge in [-0.15, -0.1) is 11.3 Å². The molecule has 0 saturated carbocycles. The maximum Gasteiger partial charge on any atom is 0.255 e. The summed E-state index contributed by atoms with van der Waals surface area (Å²) < 4.78 is 6.64. The summed E-state index contributed by atoms with van der Waals surface area (Å²) in [6, 6.07) is 14.6. The van der Waals surface area contributed by atoms with Crippen LogP contribution >= 0.6 is 27.3 Å². The summed E-state index contributed by atoms with van der Waals surface area (Å²) in [6.45, 7) is 2.35. The van der Waals surface area contributed by atoms with Crippen molar-refractivity contribution in [1.82, 2.24) is 4.98 Å². The Bertz CT molecular complexity index is 863. The summed E-state index contributed by atoms with van der Waals surface area (Å²) in [7, 11) is 0. The van der Waals surface area contributed by atoms with Gasteiger partial charge in [0.25, 0.3) is 5.91 Å². The van der Waals surface area contributed by atoms with Gasteiger partial charge < -0.3 is 10.1 Å². The first-order valence-corrected chi connectivity index (χ1v) is 8.98. The largest absolute Gasteiger partial charge is 0.487 e. The normalized spacial score (nSPS) is 10.4. The standard InChI is InChI=1S/C18H15BrN2O2S/c1-12-20-16(11-24-12)10-23-17-7-2-4-13(8-17)18(22)21-15-6-3-5-14(19)9-15/h2-9,11H,10H2,1H3,(H,21,22). The van der Waals surface area contributed by atoms with Crippen molar-refractivity contribution in [1.29, 1.82) is 0 Å². The van der Waals surface area contributed by atoms with Gasteiger partial charge in [-0.1, -0.05) is 28.1 Å². The minimum absolute atomic E-state index is 0.178. The zero-order valence-corrected chi connectivity index (χ0v) is 15.4. The van der Waals surface area contributed by atoms with E-state index in [4.69, 9.17) is 4.74 Å². The highest BCUT2D eigenvalue weighted by Gasteiger charge is 2.08. The molecule has 0 bridgehead atoms. The van der Waals surface area contributed by atoms with Crippen LogP contribution in [0, 0.1) is 6.92 Å². The highest BCUT2D eigenvalue weighted by Crippen LogP contribution is 2.19. The third kappa shape index (κ3) is 4.43. The molecule has 3 aromatic rings. The van der Waals surface area contributed by atoms with E-state index < -0.39 is 0 Å². The van der Waals surface area contributed by atoms with E-state index in [-0.39, 0.29) is 5.91 Å². The Morgan fingerprint density at radius 3 is 2.83 bits per heavy atom. The van der Waals surface area contributed by atoms with E-state index in [0.29, 0.717) is 17.9 Å². The number of aryl methyl sites for hydroxylation is 1. The number of rotatable bonds is 5. The third-order valence-corrected chi connectivity index (χ3v) is 4.55. The maximum atomic E-state index is 12.4. The Balaban J connectivity index is 1.66. The van der Waals surface area contributed by atoms with Crippen molar-refractivity contribution in [2.75, 3.05) is 5.32 Å². The van der Waals surface area contributed by atoms with Crippen molar-refractivity contribution < 1.29 is 9.53 Å². The molecule has 0 unspecified atom stereocenters. The molecule has 4 nitrogen and oxygen atoms in total. The first kappa shape index (κ1) is 16.7. The van der Waals surface area contributed by atoms with Gasteiger partial charge in [0.05, 0.1) is 10.7 Å². The first-order valence-electron chi connectivity index (χ1n) is 7.31. The summed E-state index contributed by atoms with van der Waals surface area (Å²) in [4.78, 5) is 16.7. The lowest BCUT2D eigenvalue weighted by atomic mass is 10.2. The molecule has 0 aliphatic heterocycles. The van der Waals surface area contributed by atoms with Crippen molar-refractivity contribution in [2.45, 2.75) is 13.5 Å². The molecular formula is C18H15BrN2O2S. The average molecular weight is 403 g/mol. The van der Waals surface area contributed by atoms with Gasteiger partial charge in [-0.2, -0.15) is 0 Å². The van der Waals surface area contributed by atoms with Crippen molar-refractivity contribution in [3.05, 3.63) is 74.6 Å². The van der Waals surface area contributed by atoms with Crippen LogP contribution in [-0.4, -0.2) is 10.9 Å². The number of benzene rings is 2. The molecule has 0 saturated heterocycles. The number of ether oxygens (including phenoxy) is 1. The number of halogens is 1. The fourth-order valence-corrected chi connectivity index (χ4v) is 3.12. The molecule has 6 heteroatoms. The Morgan fingerprint density at radius 1 is 1.25 bits per heavy atom. The minimum atomic E-state index is -0.178. The zero-order valence-electron chi connectivity index (χ0n) is 13.0. The number of thiazole rings is 1. The highest BCUT2D eigenvalue weighted by atomic mass is 79.9. The van der Waals surface area contributed by atoms with Gasteiger partial charge in [-0.3, -0.25) is 4.79 Å². The molecule has 0 aliphatic carbocycles. The summed E-state index contributed by atoms with van der Waals surface area (Å²) in [6.07, 6.45) is 0. The average Bonchev–Trinajstić information content (AvgIpc) is 2.99. The van der Waals surface area contributed by atoms with Crippen LogP contribution in [0.1, 0.15) is 21.1 Å². The second-order valence-corrected chi connectivity index (χ2v) is 7.12. The van der Waals surface area contributed by atoms with Gasteiger partial charge in [0, 0.05) is 21.1 Å². The first-order chi connectivity index (χ1) is 11.6. The van der Waals surface area contributed by atoms with E-state index in [9.17, 15) is 4.79 Å². The van der Waals surface area contributed by atoms with Crippen molar-refractivity contribution in [2.24, 2.45) is 0 Å². The Morgan fingerprint density at radius 2 is 2.08 bits per heavy atom. The SMILES string of the molecule is Cc1nc(COc2cccc(C(=O)Nc3cccc(Br)c3)c2)cs1. The predicted molar refractivity (Wildman–Crippen MR) is 99.7 cm³/mol. The van der Waals surface area contributed by atoms with Gasteiger partial charge in [-0.05, 0) is 43.3 Å². The summed E-state index contributed by atoms with van der Waals surface area (Å²) in [5, 5.41) is 5.85. The molecule has 0 spiro atoms. The number of carbonyl (C=O) groups excluding carboxylic acids is 1. The lowest BCUT2D eigenvalue weighted by Crippen LogP contribution is -2.12. The van der Waals surface area contributed by atoms with E-state index in [1.165, 1.54) is 0 Å². The van der Waals surface area contributed by atoms with Crippen LogP contribution in [0.4, 0.5) is 5.69 Å². The topological polar surface area (TPSA) is 51.2 Å². The number of hydrogen-bond donors (Lipinski definition) is 1. The van der Waals surface area contributed by atoms with Gasteiger partial charge in [0.1, 0.15) is 12.4 Å². The summed E-state index contributed by atoms with van der Waals surface area (Å²) in [5.41, 5.74) is 2.17. The summed E-state index contributed by atoms with van der Waals surface area (Å²) in [5.74, 6) is 0.464. The molecule has 0 atom stereocenters. The van der Waals surface area contributed by atoms with E-state index in [1.54, 1.807) is 29.5 Å². The number of hydrogen-bond acceptors (Lipinski definition) is 4. The molecule has 1 aromatic heterocycles. The molecule has 0 aliphatic rings. The Kier molecular flexibility index (Phi) is 5.27. The van der Waals surface area contributed by atoms with Crippen LogP contribution < -0.4 is 10.1 Å². The maximum absolute atomic E-state index is 12.4. The molecule has 3 rings (SSSR count). The molecule has 24 heavy (non-hydrogen) atoms. The van der Waals surface area contributed by atoms with Crippen molar-refractivity contribution in [3.8, 4) is 5.75 Å². The zero-order chi connectivity index (χ0) is 16.9. The van der Waals surface area contributed by atoms with Crippen LogP contribution in [0.15, 0.2) is 58.4 Å². The van der Waals surface area contributed by atoms with Crippen LogP contribution in [0.25, 0.3) is 0 Å². The van der Waals surface area contributed by atoms with Crippen molar-refractivity contribution in [3.63, 3.8) is 0 Å². The Hall–Kier alpha value is -2.18. The van der Waals surface area contributed by atoms with Gasteiger partial charge in [-0.25, -0.2) is 4.98 Å². The number of amides is 1. The van der Waals surface area contributed by atoms with Crippen LogP contribution in [0.2, 0.25) is 0 Å². The molecule has 1 N–H and O–H groups in total. The molecule has 122 valence electrons. The molecular weight excluding hydrogens is 388 g/mol. The number of nitrogens with one attached hydrogen (secondary N) is 1. The van der Waals surface area contributed by atoms with Crippen LogP contribution in [0.5, 0.6) is 5.75 Å². The van der Waals surface area contributed by atoms with E-state index in [0.717, 1.165) is 20.9 Å². The molecule has 0 fully saturated rings. The monoisotopic (exact) mass is 402 g/mol. The van der Waals surface area contributed by atoms with E-state index in [2.05, 4.69) is 26.2 Å². The molecule has 1 amide bonds. The lowest BCUT2D eigenvalue weighted by Gasteiger charge is -2.08. The van der Waals surface area contributed by atoms with E-state index >= 15 is 0 Å². The second-order valence-electron chi connectivity index (χ2n) is 5.14. The molecule has 0 radical (unpaired) electrons. The number of anilines is 1. The summed E-state index contributed by atoms with van der Waals surface area (Å²) >= 11 is 4.98. The van der Waals surface area contributed by atoms with Gasteiger partial charge >= 0.3 is 0 Å². The van der Waals surface area contributed by atoms with E-state index in [1.807, 2.05) is 42.6 Å². The second kappa shape index (κ2) is 7.59. The van der Waals surface area contributed by atoms with Gasteiger partial charge in [0.15, 0.2) is 0 Å². The van der Waals surface area contributed by atoms with Crippen LogP contribution in [0.3, 0.4) is 0 Å². The fraction of sp³-hybridized carbons (Fsp3) is 0.111. The van der Waals surface area contributed by atoms with Crippen molar-refractivity contribution >= 4 is 38.9 Å². The molecule has 1 heterocycles. The quantitative estimate of drug-likeness (QED) is 0.649. The van der Waals surface area contributed by atoms with Gasteiger partial charge in [0.2, 0.25) is 0 Å². The number of carbonyl (C=O) groups is 1. The number of aromatic nitrogens is 1. The highest BCUT2D eigenvalue weighted by molar-refractivity contribution is 9.10. The molecule has 2 aromatic carbocycles. The number of nitrogens with zero attached hydrogens (tertiary/aromatic N) is 1.